The van der Waals surface area contributed by atoms with Gasteiger partial charge < -0.3 is 15.1 Å². The largest absolute Gasteiger partial charge is 0.326 e. The van der Waals surface area contributed by atoms with Crippen LogP contribution in [0.1, 0.15) is 20.3 Å². The number of carbonyl (C=O) groups excluding carboxylic acids is 3. The first-order chi connectivity index (χ1) is 12.4. The van der Waals surface area contributed by atoms with Gasteiger partial charge in [0.1, 0.15) is 0 Å². The first kappa shape index (κ1) is 19.2. The van der Waals surface area contributed by atoms with Crippen LogP contribution >= 0.6 is 0 Å². The number of carbonyl (C=O) groups is 3. The summed E-state index contributed by atoms with van der Waals surface area (Å²) < 4.78 is 0. The fraction of sp³-hybridized carbons (Fsp3) is 0.250. The average Bonchev–Trinajstić information content (AvgIpc) is 2.61. The molecule has 2 aromatic rings. The van der Waals surface area contributed by atoms with Crippen molar-refractivity contribution in [2.45, 2.75) is 20.3 Å². The van der Waals surface area contributed by atoms with Gasteiger partial charge in [0.05, 0.1) is 0 Å². The summed E-state index contributed by atoms with van der Waals surface area (Å²) in [4.78, 5) is 38.8. The molecule has 0 atom stereocenters. The fourth-order valence-electron chi connectivity index (χ4n) is 2.59. The molecule has 1 N–H and O–H groups in total. The third-order valence-electron chi connectivity index (χ3n) is 3.93. The van der Waals surface area contributed by atoms with Gasteiger partial charge in [-0.05, 0) is 30.3 Å². The third kappa shape index (κ3) is 5.17. The molecule has 0 unspecified atom stereocenters. The predicted molar refractivity (Wildman–Crippen MR) is 103 cm³/mol. The SMILES string of the molecule is CC(=O)Nc1cccc(N(CCC(=O)N(C)c2ccccc2)C(C)=O)c1. The molecule has 0 aliphatic carbocycles. The summed E-state index contributed by atoms with van der Waals surface area (Å²) >= 11 is 0. The van der Waals surface area contributed by atoms with Crippen LogP contribution in [0.2, 0.25) is 0 Å². The minimum absolute atomic E-state index is 0.0829. The van der Waals surface area contributed by atoms with Gasteiger partial charge in [0.2, 0.25) is 17.7 Å². The molecule has 0 radical (unpaired) electrons. The quantitative estimate of drug-likeness (QED) is 0.868. The molecule has 136 valence electrons. The van der Waals surface area contributed by atoms with E-state index >= 15 is 0 Å². The van der Waals surface area contributed by atoms with Crippen molar-refractivity contribution in [2.24, 2.45) is 0 Å². The van der Waals surface area contributed by atoms with E-state index in [0.717, 1.165) is 5.69 Å². The number of nitrogens with one attached hydrogen (secondary N) is 1. The summed E-state index contributed by atoms with van der Waals surface area (Å²) in [6, 6.07) is 16.3. The second kappa shape index (κ2) is 8.80. The van der Waals surface area contributed by atoms with Crippen LogP contribution in [0.3, 0.4) is 0 Å². The zero-order chi connectivity index (χ0) is 19.1. The Morgan fingerprint density at radius 1 is 0.923 bits per heavy atom. The number of amides is 3. The minimum Gasteiger partial charge on any atom is -0.326 e. The lowest BCUT2D eigenvalue weighted by Gasteiger charge is -2.23. The van der Waals surface area contributed by atoms with Gasteiger partial charge in [0, 0.05) is 50.9 Å². The van der Waals surface area contributed by atoms with Crippen molar-refractivity contribution < 1.29 is 14.4 Å². The first-order valence-corrected chi connectivity index (χ1v) is 8.36. The molecule has 2 aromatic carbocycles. The van der Waals surface area contributed by atoms with E-state index in [2.05, 4.69) is 5.32 Å². The molecule has 6 heteroatoms. The van der Waals surface area contributed by atoms with Crippen molar-refractivity contribution in [3.63, 3.8) is 0 Å². The molecule has 0 aliphatic heterocycles. The molecule has 2 rings (SSSR count). The maximum absolute atomic E-state index is 12.4. The molecule has 0 aliphatic rings. The van der Waals surface area contributed by atoms with Gasteiger partial charge in [-0.1, -0.05) is 24.3 Å². The summed E-state index contributed by atoms with van der Waals surface area (Å²) in [6.07, 6.45) is 0.190. The summed E-state index contributed by atoms with van der Waals surface area (Å²) in [5.74, 6) is -0.434. The molecule has 0 heterocycles. The Bertz CT molecular complexity index is 790. The number of para-hydroxylation sites is 1. The van der Waals surface area contributed by atoms with E-state index in [1.165, 1.54) is 18.7 Å². The van der Waals surface area contributed by atoms with Gasteiger partial charge in [0.25, 0.3) is 0 Å². The Morgan fingerprint density at radius 3 is 2.19 bits per heavy atom. The van der Waals surface area contributed by atoms with E-state index in [1.807, 2.05) is 30.3 Å². The van der Waals surface area contributed by atoms with Gasteiger partial charge >= 0.3 is 0 Å². The summed E-state index contributed by atoms with van der Waals surface area (Å²) in [7, 11) is 1.72. The molecule has 0 fully saturated rings. The van der Waals surface area contributed by atoms with Crippen LogP contribution in [-0.4, -0.2) is 31.3 Å². The molecular weight excluding hydrogens is 330 g/mol. The van der Waals surface area contributed by atoms with Gasteiger partial charge in [0.15, 0.2) is 0 Å². The van der Waals surface area contributed by atoms with Crippen molar-refractivity contribution in [1.82, 2.24) is 0 Å². The topological polar surface area (TPSA) is 69.7 Å². The van der Waals surface area contributed by atoms with E-state index in [-0.39, 0.29) is 30.7 Å². The molecule has 6 nitrogen and oxygen atoms in total. The van der Waals surface area contributed by atoms with Gasteiger partial charge in [-0.25, -0.2) is 0 Å². The molecule has 0 saturated heterocycles. The van der Waals surface area contributed by atoms with Crippen LogP contribution in [0.4, 0.5) is 17.1 Å². The lowest BCUT2D eigenvalue weighted by molar-refractivity contribution is -0.118. The lowest BCUT2D eigenvalue weighted by Crippen LogP contribution is -2.34. The molecule has 0 saturated carbocycles. The fourth-order valence-corrected chi connectivity index (χ4v) is 2.59. The van der Waals surface area contributed by atoms with Crippen molar-refractivity contribution in [2.75, 3.05) is 28.7 Å². The number of hydrogen-bond acceptors (Lipinski definition) is 3. The highest BCUT2D eigenvalue weighted by Gasteiger charge is 2.16. The van der Waals surface area contributed by atoms with Crippen LogP contribution in [0.25, 0.3) is 0 Å². The summed E-state index contributed by atoms with van der Waals surface area (Å²) in [6.45, 7) is 3.14. The molecule has 0 bridgehead atoms. The van der Waals surface area contributed by atoms with Crippen molar-refractivity contribution in [3.05, 3.63) is 54.6 Å². The molecule has 0 aromatic heterocycles. The Morgan fingerprint density at radius 2 is 1.58 bits per heavy atom. The maximum Gasteiger partial charge on any atom is 0.228 e. The van der Waals surface area contributed by atoms with E-state index in [0.29, 0.717) is 11.4 Å². The molecule has 26 heavy (non-hydrogen) atoms. The standard InChI is InChI=1S/C20H23N3O3/c1-15(24)21-17-8-7-11-19(14-17)23(16(2)25)13-12-20(26)22(3)18-9-5-4-6-10-18/h4-11,14H,12-13H2,1-3H3,(H,21,24). The van der Waals surface area contributed by atoms with E-state index < -0.39 is 0 Å². The zero-order valence-electron chi connectivity index (χ0n) is 15.2. The number of benzene rings is 2. The Hall–Kier alpha value is -3.15. The second-order valence-electron chi connectivity index (χ2n) is 5.94. The molecule has 0 spiro atoms. The van der Waals surface area contributed by atoms with E-state index in [9.17, 15) is 14.4 Å². The summed E-state index contributed by atoms with van der Waals surface area (Å²) in [5.41, 5.74) is 2.05. The zero-order valence-corrected chi connectivity index (χ0v) is 15.2. The Kier molecular flexibility index (Phi) is 6.49. The van der Waals surface area contributed by atoms with Crippen LogP contribution in [0.15, 0.2) is 54.6 Å². The van der Waals surface area contributed by atoms with Gasteiger partial charge in [-0.15, -0.1) is 0 Å². The Labute approximate surface area is 153 Å². The van der Waals surface area contributed by atoms with Crippen molar-refractivity contribution >= 4 is 34.8 Å². The van der Waals surface area contributed by atoms with Crippen LogP contribution in [0, 0.1) is 0 Å². The number of nitrogens with zero attached hydrogens (tertiary/aromatic N) is 2. The van der Waals surface area contributed by atoms with E-state index in [1.54, 1.807) is 36.2 Å². The highest BCUT2D eigenvalue weighted by atomic mass is 16.2. The Balaban J connectivity index is 2.08. The van der Waals surface area contributed by atoms with Crippen LogP contribution in [0.5, 0.6) is 0 Å². The number of rotatable bonds is 6. The lowest BCUT2D eigenvalue weighted by atomic mass is 10.2. The highest BCUT2D eigenvalue weighted by Crippen LogP contribution is 2.21. The smallest absolute Gasteiger partial charge is 0.228 e. The van der Waals surface area contributed by atoms with Crippen LogP contribution < -0.4 is 15.1 Å². The highest BCUT2D eigenvalue weighted by molar-refractivity contribution is 5.96. The molecular formula is C20H23N3O3. The first-order valence-electron chi connectivity index (χ1n) is 8.36. The predicted octanol–water partition coefficient (Wildman–Crippen LogP) is 3.05. The summed E-state index contributed by atoms with van der Waals surface area (Å²) in [5, 5.41) is 2.69. The minimum atomic E-state index is -0.184. The third-order valence-corrected chi connectivity index (χ3v) is 3.93. The van der Waals surface area contributed by atoms with E-state index in [4.69, 9.17) is 0 Å². The number of anilines is 3. The average molecular weight is 353 g/mol. The van der Waals surface area contributed by atoms with Gasteiger partial charge in [-0.2, -0.15) is 0 Å². The second-order valence-corrected chi connectivity index (χ2v) is 5.94. The normalized spacial score (nSPS) is 10.1. The number of hydrogen-bond donors (Lipinski definition) is 1. The van der Waals surface area contributed by atoms with Crippen LogP contribution in [-0.2, 0) is 14.4 Å². The van der Waals surface area contributed by atoms with Crippen molar-refractivity contribution in [3.8, 4) is 0 Å². The van der Waals surface area contributed by atoms with Crippen molar-refractivity contribution in [1.29, 1.82) is 0 Å². The monoisotopic (exact) mass is 353 g/mol. The van der Waals surface area contributed by atoms with Gasteiger partial charge in [-0.3, -0.25) is 14.4 Å². The molecule has 3 amide bonds. The maximum atomic E-state index is 12.4.